The average Bonchev–Trinajstić information content (AvgIpc) is 2.90. The second kappa shape index (κ2) is 10.6. The van der Waals surface area contributed by atoms with Crippen LogP contribution in [0.3, 0.4) is 0 Å². The van der Waals surface area contributed by atoms with E-state index >= 15 is 0 Å². The smallest absolute Gasteiger partial charge is 0.137 e. The highest BCUT2D eigenvalue weighted by Gasteiger charge is 2.24. The van der Waals surface area contributed by atoms with Crippen LogP contribution in [0.4, 0.5) is 17.1 Å². The highest BCUT2D eigenvalue weighted by molar-refractivity contribution is 5.77. The Labute approximate surface area is 213 Å². The molecule has 4 rings (SSSR count). The third kappa shape index (κ3) is 5.63. The van der Waals surface area contributed by atoms with Crippen LogP contribution >= 0.6 is 0 Å². The van der Waals surface area contributed by atoms with Crippen molar-refractivity contribution in [2.45, 2.75) is 20.8 Å². The maximum absolute atomic E-state index is 9.35. The Morgan fingerprint density at radius 1 is 0.722 bits per heavy atom. The fourth-order valence-corrected chi connectivity index (χ4v) is 3.79. The minimum atomic E-state index is -0.269. The summed E-state index contributed by atoms with van der Waals surface area (Å²) in [5.74, 6) is 1.29. The molecule has 0 radical (unpaired) electrons. The first-order valence-electron chi connectivity index (χ1n) is 11.7. The number of anilines is 3. The van der Waals surface area contributed by atoms with Crippen molar-refractivity contribution >= 4 is 23.1 Å². The Morgan fingerprint density at radius 2 is 1.25 bits per heavy atom. The molecule has 4 nitrogen and oxygen atoms in total. The quantitative estimate of drug-likeness (QED) is 0.352. The van der Waals surface area contributed by atoms with E-state index in [1.165, 1.54) is 0 Å². The van der Waals surface area contributed by atoms with Crippen LogP contribution in [0.2, 0.25) is 0 Å². The molecule has 0 unspecified atom stereocenters. The average molecular weight is 470 g/mol. The molecule has 176 valence electrons. The molecule has 36 heavy (non-hydrogen) atoms. The summed E-state index contributed by atoms with van der Waals surface area (Å²) in [5, 5.41) is 18.7. The Bertz CT molecular complexity index is 1370. The molecule has 1 aliphatic rings. The van der Waals surface area contributed by atoms with Gasteiger partial charge in [-0.2, -0.15) is 10.5 Å². The van der Waals surface area contributed by atoms with E-state index < -0.39 is 0 Å². The second-order valence-electron chi connectivity index (χ2n) is 9.39. The van der Waals surface area contributed by atoms with E-state index in [9.17, 15) is 10.5 Å². The van der Waals surface area contributed by atoms with Gasteiger partial charge in [-0.15, -0.1) is 0 Å². The predicted molar refractivity (Wildman–Crippen MR) is 145 cm³/mol. The maximum atomic E-state index is 9.35. The SMILES string of the molecule is CC(C)(C)C1=CC(=C(C#N)C#N)C=C(C=Cc2ccc(N(c3ccccc3)c3ccccc3)cc2)O1. The van der Waals surface area contributed by atoms with Crippen LogP contribution in [0.5, 0.6) is 0 Å². The molecule has 0 saturated carbocycles. The van der Waals surface area contributed by atoms with Gasteiger partial charge in [-0.25, -0.2) is 0 Å². The van der Waals surface area contributed by atoms with Gasteiger partial charge in [0.1, 0.15) is 29.2 Å². The van der Waals surface area contributed by atoms with Crippen molar-refractivity contribution in [3.8, 4) is 12.1 Å². The zero-order valence-corrected chi connectivity index (χ0v) is 20.6. The summed E-state index contributed by atoms with van der Waals surface area (Å²) in [4.78, 5) is 2.21. The highest BCUT2D eigenvalue weighted by Crippen LogP contribution is 2.35. The molecule has 0 fully saturated rings. The number of hydrogen-bond donors (Lipinski definition) is 0. The van der Waals surface area contributed by atoms with Crippen molar-refractivity contribution in [3.05, 3.63) is 131 Å². The Hall–Kier alpha value is -4.80. The Morgan fingerprint density at radius 3 is 1.75 bits per heavy atom. The summed E-state index contributed by atoms with van der Waals surface area (Å²) in [7, 11) is 0. The zero-order valence-electron chi connectivity index (χ0n) is 20.6. The van der Waals surface area contributed by atoms with Crippen molar-refractivity contribution < 1.29 is 4.74 Å². The van der Waals surface area contributed by atoms with E-state index in [4.69, 9.17) is 4.74 Å². The van der Waals surface area contributed by atoms with Crippen molar-refractivity contribution in [2.24, 2.45) is 5.41 Å². The number of hydrogen-bond acceptors (Lipinski definition) is 4. The van der Waals surface area contributed by atoms with Crippen molar-refractivity contribution in [1.82, 2.24) is 0 Å². The Balaban J connectivity index is 1.63. The van der Waals surface area contributed by atoms with Gasteiger partial charge in [0.15, 0.2) is 0 Å². The molecule has 1 aliphatic heterocycles. The van der Waals surface area contributed by atoms with Gasteiger partial charge in [0.2, 0.25) is 0 Å². The summed E-state index contributed by atoms with van der Waals surface area (Å²) in [6.45, 7) is 6.10. The van der Waals surface area contributed by atoms with E-state index in [2.05, 4.69) is 53.4 Å². The topological polar surface area (TPSA) is 60.0 Å². The van der Waals surface area contributed by atoms with E-state index in [0.717, 1.165) is 22.6 Å². The van der Waals surface area contributed by atoms with Gasteiger partial charge in [0, 0.05) is 28.1 Å². The molecule has 0 spiro atoms. The van der Waals surface area contributed by atoms with Crippen LogP contribution in [0.1, 0.15) is 26.3 Å². The summed E-state index contributed by atoms with van der Waals surface area (Å²) >= 11 is 0. The minimum Gasteiger partial charge on any atom is -0.461 e. The van der Waals surface area contributed by atoms with Gasteiger partial charge in [0.05, 0.1) is 0 Å². The second-order valence-corrected chi connectivity index (χ2v) is 9.39. The molecular weight excluding hydrogens is 442 g/mol. The molecule has 1 heterocycles. The molecule has 3 aromatic rings. The van der Waals surface area contributed by atoms with E-state index in [0.29, 0.717) is 17.1 Å². The fourth-order valence-electron chi connectivity index (χ4n) is 3.79. The molecule has 0 bridgehead atoms. The highest BCUT2D eigenvalue weighted by atomic mass is 16.5. The lowest BCUT2D eigenvalue weighted by molar-refractivity contribution is 0.223. The van der Waals surface area contributed by atoms with Gasteiger partial charge >= 0.3 is 0 Å². The lowest BCUT2D eigenvalue weighted by Gasteiger charge is -2.26. The maximum Gasteiger partial charge on any atom is 0.137 e. The van der Waals surface area contributed by atoms with Gasteiger partial charge in [-0.3, -0.25) is 0 Å². The number of allylic oxidation sites excluding steroid dienone is 6. The Kier molecular flexibility index (Phi) is 7.19. The van der Waals surface area contributed by atoms with Crippen molar-refractivity contribution in [2.75, 3.05) is 4.90 Å². The fraction of sp³-hybridized carbons (Fsp3) is 0.125. The predicted octanol–water partition coefficient (Wildman–Crippen LogP) is 8.36. The summed E-state index contributed by atoms with van der Waals surface area (Å²) in [5.41, 5.74) is 4.58. The molecule has 0 N–H and O–H groups in total. The summed E-state index contributed by atoms with van der Waals surface area (Å²) in [6, 6.07) is 32.8. The van der Waals surface area contributed by atoms with Crippen molar-refractivity contribution in [3.63, 3.8) is 0 Å². The van der Waals surface area contributed by atoms with Crippen LogP contribution in [0.15, 0.2) is 126 Å². The van der Waals surface area contributed by atoms with Crippen LogP contribution in [-0.2, 0) is 4.74 Å². The third-order valence-corrected chi connectivity index (χ3v) is 5.68. The number of benzene rings is 3. The van der Waals surface area contributed by atoms with Crippen LogP contribution in [0.25, 0.3) is 6.08 Å². The van der Waals surface area contributed by atoms with Gasteiger partial charge in [-0.05, 0) is 60.2 Å². The van der Waals surface area contributed by atoms with E-state index in [-0.39, 0.29) is 11.0 Å². The lowest BCUT2D eigenvalue weighted by atomic mass is 9.90. The molecular formula is C32H27N3O. The molecule has 0 atom stereocenters. The molecule has 0 amide bonds. The minimum absolute atomic E-state index is 0.0669. The third-order valence-electron chi connectivity index (χ3n) is 5.68. The monoisotopic (exact) mass is 469 g/mol. The number of para-hydroxylation sites is 2. The first-order valence-corrected chi connectivity index (χ1v) is 11.7. The van der Waals surface area contributed by atoms with Gasteiger partial charge in [0.25, 0.3) is 0 Å². The standard InChI is InChI=1S/C32H27N3O/c1-32(2,3)31-21-25(26(22-33)23-34)20-30(36-31)19-16-24-14-17-29(18-15-24)35(27-10-6-4-7-11-27)28-12-8-5-9-13-28/h4-21H,1-3H3. The van der Waals surface area contributed by atoms with E-state index in [1.807, 2.05) is 81.5 Å². The van der Waals surface area contributed by atoms with E-state index in [1.54, 1.807) is 12.2 Å². The van der Waals surface area contributed by atoms with Crippen LogP contribution in [-0.4, -0.2) is 0 Å². The summed E-state index contributed by atoms with van der Waals surface area (Å²) < 4.78 is 6.09. The molecule has 4 heteroatoms. The molecule has 0 saturated heterocycles. The number of nitrogens with zero attached hydrogens (tertiary/aromatic N) is 3. The van der Waals surface area contributed by atoms with Crippen molar-refractivity contribution in [1.29, 1.82) is 10.5 Å². The normalized spacial score (nSPS) is 13.2. The number of rotatable bonds is 5. The first-order chi connectivity index (χ1) is 17.4. The number of ether oxygens (including phenoxy) is 1. The lowest BCUT2D eigenvalue weighted by Crippen LogP contribution is -2.15. The zero-order chi connectivity index (χ0) is 25.5. The molecule has 3 aromatic carbocycles. The molecule has 0 aromatic heterocycles. The van der Waals surface area contributed by atoms with Gasteiger partial charge < -0.3 is 9.64 Å². The number of nitriles is 2. The van der Waals surface area contributed by atoms with Gasteiger partial charge in [-0.1, -0.05) is 75.4 Å². The largest absolute Gasteiger partial charge is 0.461 e. The first kappa shape index (κ1) is 24.3. The summed E-state index contributed by atoms with van der Waals surface area (Å²) in [6.07, 6.45) is 7.34. The van der Waals surface area contributed by atoms with Crippen LogP contribution < -0.4 is 4.90 Å². The molecule has 0 aliphatic carbocycles. The van der Waals surface area contributed by atoms with Crippen LogP contribution in [0, 0.1) is 28.1 Å².